The van der Waals surface area contributed by atoms with Gasteiger partial charge < -0.3 is 4.84 Å². The standard InChI is InChI=1S/C5H10NO/c1-3-4-5-6-7-2/h3-4H2,1-2H3. The van der Waals surface area contributed by atoms with Crippen molar-refractivity contribution in [3.8, 4) is 0 Å². The van der Waals surface area contributed by atoms with E-state index >= 15 is 0 Å². The fourth-order valence-corrected chi connectivity index (χ4v) is 0.222. The summed E-state index contributed by atoms with van der Waals surface area (Å²) in [5.74, 6) is 0. The van der Waals surface area contributed by atoms with Crippen molar-refractivity contribution in [2.75, 3.05) is 7.11 Å². The molecule has 41 valence electrons. The lowest BCUT2D eigenvalue weighted by atomic mass is 10.4. The molecule has 0 N–H and O–H groups in total. The van der Waals surface area contributed by atoms with Gasteiger partial charge in [-0.15, -0.1) is 0 Å². The van der Waals surface area contributed by atoms with Gasteiger partial charge in [0.05, 0.1) is 0 Å². The van der Waals surface area contributed by atoms with E-state index in [4.69, 9.17) is 0 Å². The number of hydrogen-bond donors (Lipinski definition) is 0. The van der Waals surface area contributed by atoms with Crippen molar-refractivity contribution in [3.63, 3.8) is 0 Å². The van der Waals surface area contributed by atoms with E-state index in [1.54, 1.807) is 0 Å². The van der Waals surface area contributed by atoms with Crippen LogP contribution in [0.1, 0.15) is 19.8 Å². The van der Waals surface area contributed by atoms with E-state index in [-0.39, 0.29) is 0 Å². The maximum absolute atomic E-state index is 4.36. The third-order valence-electron chi connectivity index (χ3n) is 0.518. The largest absolute Gasteiger partial charge is 0.399 e. The first-order valence-electron chi connectivity index (χ1n) is 2.38. The van der Waals surface area contributed by atoms with E-state index in [9.17, 15) is 0 Å². The Kier molecular flexibility index (Phi) is 5.06. The minimum atomic E-state index is 0.883. The normalized spacial score (nSPS) is 10.0. The van der Waals surface area contributed by atoms with E-state index in [2.05, 4.69) is 23.1 Å². The van der Waals surface area contributed by atoms with Gasteiger partial charge in [-0.05, 0) is 6.42 Å². The maximum Gasteiger partial charge on any atom is 0.106 e. The summed E-state index contributed by atoms with van der Waals surface area (Å²) in [6.45, 7) is 2.07. The molecule has 7 heavy (non-hydrogen) atoms. The summed E-state index contributed by atoms with van der Waals surface area (Å²) >= 11 is 0. The van der Waals surface area contributed by atoms with Crippen LogP contribution < -0.4 is 0 Å². The van der Waals surface area contributed by atoms with Gasteiger partial charge in [-0.25, -0.2) is 0 Å². The Balaban J connectivity index is 2.78. The zero-order chi connectivity index (χ0) is 5.54. The third-order valence-corrected chi connectivity index (χ3v) is 0.518. The highest BCUT2D eigenvalue weighted by atomic mass is 16.6. The molecule has 0 amide bonds. The van der Waals surface area contributed by atoms with Gasteiger partial charge in [0.15, 0.2) is 0 Å². The fourth-order valence-electron chi connectivity index (χ4n) is 0.222. The Morgan fingerprint density at radius 2 is 2.43 bits per heavy atom. The van der Waals surface area contributed by atoms with Crippen molar-refractivity contribution in [1.29, 1.82) is 0 Å². The summed E-state index contributed by atoms with van der Waals surface area (Å²) in [6, 6.07) is 0. The van der Waals surface area contributed by atoms with Crippen LogP contribution in [0.5, 0.6) is 0 Å². The highest BCUT2D eigenvalue weighted by Crippen LogP contribution is 1.79. The number of hydrogen-bond acceptors (Lipinski definition) is 2. The van der Waals surface area contributed by atoms with Gasteiger partial charge >= 0.3 is 0 Å². The van der Waals surface area contributed by atoms with Crippen LogP contribution in [-0.4, -0.2) is 13.3 Å². The van der Waals surface area contributed by atoms with Gasteiger partial charge in [0.25, 0.3) is 0 Å². The Morgan fingerprint density at radius 3 is 2.86 bits per heavy atom. The number of unbranched alkanes of at least 4 members (excludes halogenated alkanes) is 1. The SMILES string of the molecule is CCC/[C]=N/OC. The van der Waals surface area contributed by atoms with E-state index in [1.807, 2.05) is 0 Å². The molecule has 0 saturated carbocycles. The van der Waals surface area contributed by atoms with Crippen LogP contribution in [0, 0.1) is 0 Å². The fraction of sp³-hybridized carbons (Fsp3) is 0.800. The second-order valence-corrected chi connectivity index (χ2v) is 1.18. The summed E-state index contributed by atoms with van der Waals surface area (Å²) in [7, 11) is 1.52. The van der Waals surface area contributed by atoms with Crippen molar-refractivity contribution in [1.82, 2.24) is 0 Å². The van der Waals surface area contributed by atoms with Crippen molar-refractivity contribution < 1.29 is 4.84 Å². The molecular weight excluding hydrogens is 90.1 g/mol. The molecule has 2 heteroatoms. The highest BCUT2D eigenvalue weighted by Gasteiger charge is 1.71. The van der Waals surface area contributed by atoms with E-state index in [0.29, 0.717) is 0 Å². The van der Waals surface area contributed by atoms with Gasteiger partial charge in [-0.1, -0.05) is 18.5 Å². The summed E-state index contributed by atoms with van der Waals surface area (Å²) < 4.78 is 0. The zero-order valence-electron chi connectivity index (χ0n) is 4.77. The van der Waals surface area contributed by atoms with Crippen molar-refractivity contribution in [3.05, 3.63) is 0 Å². The minimum absolute atomic E-state index is 0.883. The molecule has 2 nitrogen and oxygen atoms in total. The smallest absolute Gasteiger partial charge is 0.106 e. The summed E-state index contributed by atoms with van der Waals surface area (Å²) in [5.41, 5.74) is 0. The molecule has 0 rings (SSSR count). The van der Waals surface area contributed by atoms with Crippen LogP contribution in [0.25, 0.3) is 0 Å². The minimum Gasteiger partial charge on any atom is -0.399 e. The van der Waals surface area contributed by atoms with Crippen LogP contribution in [0.3, 0.4) is 0 Å². The predicted octanol–water partition coefficient (Wildman–Crippen LogP) is 1.30. The number of nitrogens with zero attached hydrogens (tertiary/aromatic N) is 1. The van der Waals surface area contributed by atoms with E-state index < -0.39 is 0 Å². The second-order valence-electron chi connectivity index (χ2n) is 1.18. The van der Waals surface area contributed by atoms with E-state index in [1.165, 1.54) is 7.11 Å². The molecule has 0 aromatic carbocycles. The van der Waals surface area contributed by atoms with Crippen LogP contribution in [0.2, 0.25) is 0 Å². The lowest BCUT2D eigenvalue weighted by molar-refractivity contribution is 0.214. The molecule has 1 radical (unpaired) electrons. The molecule has 0 aliphatic rings. The van der Waals surface area contributed by atoms with Crippen LogP contribution in [-0.2, 0) is 4.84 Å². The monoisotopic (exact) mass is 100 g/mol. The summed E-state index contributed by atoms with van der Waals surface area (Å²) in [4.78, 5) is 4.36. The molecular formula is C5H10NO. The van der Waals surface area contributed by atoms with Gasteiger partial charge in [0, 0.05) is 0 Å². The average Bonchev–Trinajstić information content (AvgIpc) is 1.69. The summed E-state index contributed by atoms with van der Waals surface area (Å²) in [5, 5.41) is 3.41. The van der Waals surface area contributed by atoms with Gasteiger partial charge in [-0.3, -0.25) is 0 Å². The Hall–Kier alpha value is -0.530. The molecule has 0 bridgehead atoms. The molecule has 0 aromatic rings. The highest BCUT2D eigenvalue weighted by molar-refractivity contribution is 5.55. The molecule has 0 heterocycles. The molecule has 0 aliphatic carbocycles. The first-order valence-corrected chi connectivity index (χ1v) is 2.38. The van der Waals surface area contributed by atoms with E-state index in [0.717, 1.165) is 12.8 Å². The lowest BCUT2D eigenvalue weighted by Crippen LogP contribution is -1.72. The second kappa shape index (κ2) is 5.47. The summed E-state index contributed by atoms with van der Waals surface area (Å²) in [6.07, 6.45) is 4.65. The van der Waals surface area contributed by atoms with Crippen molar-refractivity contribution >= 4 is 6.21 Å². The third kappa shape index (κ3) is 5.47. The quantitative estimate of drug-likeness (QED) is 0.387. The number of rotatable bonds is 3. The van der Waals surface area contributed by atoms with Gasteiger partial charge in [-0.2, -0.15) is 0 Å². The molecule has 0 atom stereocenters. The Bertz CT molecular complexity index is 52.0. The van der Waals surface area contributed by atoms with Crippen LogP contribution >= 0.6 is 0 Å². The predicted molar refractivity (Wildman–Crippen MR) is 29.4 cm³/mol. The first kappa shape index (κ1) is 6.47. The molecule has 0 spiro atoms. The lowest BCUT2D eigenvalue weighted by Gasteiger charge is -1.80. The molecule has 0 unspecified atom stereocenters. The Morgan fingerprint density at radius 1 is 1.71 bits per heavy atom. The molecule has 0 fully saturated rings. The van der Waals surface area contributed by atoms with Crippen LogP contribution in [0.4, 0.5) is 0 Å². The molecule has 0 saturated heterocycles. The van der Waals surface area contributed by atoms with Crippen LogP contribution in [0.15, 0.2) is 5.16 Å². The Labute approximate surface area is 44.2 Å². The van der Waals surface area contributed by atoms with Gasteiger partial charge in [0.1, 0.15) is 13.3 Å². The van der Waals surface area contributed by atoms with Crippen molar-refractivity contribution in [2.24, 2.45) is 5.16 Å². The van der Waals surface area contributed by atoms with Gasteiger partial charge in [0.2, 0.25) is 0 Å². The first-order chi connectivity index (χ1) is 3.41. The molecule has 0 aliphatic heterocycles. The maximum atomic E-state index is 4.36. The topological polar surface area (TPSA) is 21.6 Å². The zero-order valence-corrected chi connectivity index (χ0v) is 4.77. The van der Waals surface area contributed by atoms with Crippen molar-refractivity contribution in [2.45, 2.75) is 19.8 Å². The molecule has 0 aromatic heterocycles. The average molecular weight is 100 g/mol.